The molecule has 0 aliphatic rings. The molecule has 0 amide bonds. The van der Waals surface area contributed by atoms with Crippen molar-refractivity contribution in [3.63, 3.8) is 0 Å². The average Bonchev–Trinajstić information content (AvgIpc) is 2.51. The molecule has 0 nitrogen and oxygen atoms in total. The maximum absolute atomic E-state index is 6.48. The molecule has 0 saturated carbocycles. The molecule has 1 aromatic carbocycles. The number of hydrogen-bond acceptors (Lipinski definition) is 1. The van der Waals surface area contributed by atoms with Gasteiger partial charge in [-0.05, 0) is 0 Å². The summed E-state index contributed by atoms with van der Waals surface area (Å²) in [5.41, 5.74) is 5.30. The van der Waals surface area contributed by atoms with Crippen molar-refractivity contribution in [1.82, 2.24) is 0 Å². The Hall–Kier alpha value is 1.98. The van der Waals surface area contributed by atoms with Crippen LogP contribution in [0.25, 0.3) is 0 Å². The molecule has 0 heterocycles. The van der Waals surface area contributed by atoms with Crippen molar-refractivity contribution in [1.29, 1.82) is 0 Å². The zero-order valence-corrected chi connectivity index (χ0v) is 42.1. The van der Waals surface area contributed by atoms with Crippen LogP contribution >= 0.6 is 24.5 Å². The molecule has 0 saturated heterocycles. The van der Waals surface area contributed by atoms with Crippen LogP contribution in [0.1, 0.15) is 27.0 Å². The first-order valence-electron chi connectivity index (χ1n) is 15.5. The van der Waals surface area contributed by atoms with Gasteiger partial charge in [-0.2, -0.15) is 0 Å². The summed E-state index contributed by atoms with van der Waals surface area (Å²) < 4.78 is 2.08. The van der Waals surface area contributed by atoms with Gasteiger partial charge in [-0.3, -0.25) is 0 Å². The van der Waals surface area contributed by atoms with Crippen molar-refractivity contribution < 1.29 is 0 Å². The van der Waals surface area contributed by atoms with Gasteiger partial charge in [0, 0.05) is 0 Å². The average molecular weight is 809 g/mol. The Bertz CT molecular complexity index is 969. The molecule has 0 aliphatic carbocycles. The zero-order chi connectivity index (χ0) is 32.5. The van der Waals surface area contributed by atoms with Gasteiger partial charge >= 0.3 is 277 Å². The molecule has 0 radical (unpaired) electrons. The van der Waals surface area contributed by atoms with E-state index in [1.165, 1.54) is 0 Å². The van der Waals surface area contributed by atoms with Crippen molar-refractivity contribution in [2.45, 2.75) is 152 Å². The topological polar surface area (TPSA) is 0 Å². The molecule has 0 N–H and O–H groups in total. The summed E-state index contributed by atoms with van der Waals surface area (Å²) in [6, 6.07) is 5.75. The zero-order valence-electron chi connectivity index (χ0n) is 30.6. The van der Waals surface area contributed by atoms with Crippen LogP contribution in [0.4, 0.5) is 0 Å². The summed E-state index contributed by atoms with van der Waals surface area (Å²) in [5.74, 6) is 0. The molecule has 10 heteroatoms. The van der Waals surface area contributed by atoms with E-state index in [-0.39, 0.29) is 0 Å². The summed E-state index contributed by atoms with van der Waals surface area (Å²) in [4.78, 5) is 0. The fourth-order valence-electron chi connectivity index (χ4n) is 10.7. The second-order valence-corrected chi connectivity index (χ2v) is 70.9. The third kappa shape index (κ3) is 8.03. The molecule has 0 atom stereocenters. The Morgan fingerprint density at radius 2 is 0.750 bits per heavy atom. The van der Waals surface area contributed by atoms with E-state index >= 15 is 0 Å². The molecule has 0 aromatic heterocycles. The van der Waals surface area contributed by atoms with Crippen LogP contribution in [0.5, 0.6) is 0 Å². The SMILES string of the molecule is C[Si](C)(C)C(c1cc(C([Si](C)(C)C)([Si](C)(C)C)[Si](C)(C)C)cc(C([Si](C)(C)C)[Si](C)(C)C)[c]1[Ge](=[S])[Br])[Si](C)(C)C. The number of rotatable bonds is 11. The fourth-order valence-corrected chi connectivity index (χ4v) is 72.9. The Morgan fingerprint density at radius 1 is 0.525 bits per heavy atom. The van der Waals surface area contributed by atoms with E-state index in [1.54, 1.807) is 21.1 Å². The van der Waals surface area contributed by atoms with Crippen LogP contribution in [-0.2, 0) is 4.28 Å². The molecule has 0 bridgehead atoms. The van der Waals surface area contributed by atoms with Crippen LogP contribution in [-0.4, -0.2) is 67.4 Å². The Balaban J connectivity index is 4.91. The summed E-state index contributed by atoms with van der Waals surface area (Å²) in [6.45, 7) is 56.3. The molecule has 1 rings (SSSR count). The van der Waals surface area contributed by atoms with Crippen molar-refractivity contribution in [2.75, 3.05) is 0 Å². The van der Waals surface area contributed by atoms with E-state index in [4.69, 9.17) is 10.5 Å². The van der Waals surface area contributed by atoms with Gasteiger partial charge in [0.05, 0.1) is 0 Å². The first-order chi connectivity index (χ1) is 17.1. The van der Waals surface area contributed by atoms with Gasteiger partial charge in [-0.25, -0.2) is 0 Å². The van der Waals surface area contributed by atoms with Crippen molar-refractivity contribution >= 4 is 96.2 Å². The molecular weight excluding hydrogens is 742 g/mol. The van der Waals surface area contributed by atoms with E-state index < -0.39 is 67.4 Å². The van der Waals surface area contributed by atoms with Crippen molar-refractivity contribution in [3.05, 3.63) is 28.8 Å². The van der Waals surface area contributed by atoms with Gasteiger partial charge in [0.25, 0.3) is 0 Å². The summed E-state index contributed by atoms with van der Waals surface area (Å²) >= 11 is 4.25. The van der Waals surface area contributed by atoms with Gasteiger partial charge in [-0.1, -0.05) is 0 Å². The molecule has 0 fully saturated rings. The minimum absolute atomic E-state index is 0.385. The van der Waals surface area contributed by atoms with E-state index in [1.807, 2.05) is 0 Å². The Labute approximate surface area is 274 Å². The first-order valence-corrected chi connectivity index (χ1v) is 49.3. The van der Waals surface area contributed by atoms with Crippen molar-refractivity contribution in [3.8, 4) is 0 Å². The van der Waals surface area contributed by atoms with Gasteiger partial charge < -0.3 is 0 Å². The van der Waals surface area contributed by atoms with E-state index in [0.717, 1.165) is 10.3 Å². The quantitative estimate of drug-likeness (QED) is 0.201. The molecule has 0 unspecified atom stereocenters. The number of hydrogen-bond donors (Lipinski definition) is 0. The summed E-state index contributed by atoms with van der Waals surface area (Å²) in [5, 5.41) is 1.45. The standard InChI is InChI=1S/C30H67BrGeSSi7/c1-34(2,3)28(35(4,5)6)25-22-24(30(38(13,14)15,39(16,17)18)40(19,20)21)23-26(27(25)32(31)33)29(36(7,8)9)37(10,11)12/h22-23,28-29H,1-21H3. The minimum atomic E-state index is -2.02. The van der Waals surface area contributed by atoms with Gasteiger partial charge in [0.2, 0.25) is 0 Å². The predicted molar refractivity (Wildman–Crippen MR) is 219 cm³/mol. The van der Waals surface area contributed by atoms with Gasteiger partial charge in [-0.15, -0.1) is 0 Å². The number of halogens is 1. The normalized spacial score (nSPS) is 15.3. The van der Waals surface area contributed by atoms with Crippen LogP contribution in [0.2, 0.25) is 137 Å². The third-order valence-electron chi connectivity index (χ3n) is 9.29. The predicted octanol–water partition coefficient (Wildman–Crippen LogP) is 11.5. The molecule has 0 aliphatic heterocycles. The number of benzene rings is 1. The maximum atomic E-state index is 6.48. The van der Waals surface area contributed by atoms with Gasteiger partial charge in [0.1, 0.15) is 0 Å². The Kier molecular flexibility index (Phi) is 12.3. The molecular formula is C30H67BrGeSSi7. The van der Waals surface area contributed by atoms with E-state index in [0.29, 0.717) is 4.28 Å². The van der Waals surface area contributed by atoms with E-state index in [2.05, 4.69) is 164 Å². The second-order valence-electron chi connectivity index (χ2n) is 20.1. The van der Waals surface area contributed by atoms with Crippen LogP contribution in [0.3, 0.4) is 0 Å². The summed E-state index contributed by atoms with van der Waals surface area (Å²) in [7, 11) is -6.61. The first kappa shape index (κ1) is 40.0. The van der Waals surface area contributed by atoms with Crippen LogP contribution in [0, 0.1) is 0 Å². The van der Waals surface area contributed by atoms with Crippen molar-refractivity contribution in [2.24, 2.45) is 0 Å². The molecule has 1 aromatic rings. The Morgan fingerprint density at radius 3 is 0.900 bits per heavy atom. The molecule has 0 spiro atoms. The molecule has 40 heavy (non-hydrogen) atoms. The monoisotopic (exact) mass is 808 g/mol. The third-order valence-corrected chi connectivity index (χ3v) is 54.1. The van der Waals surface area contributed by atoms with E-state index in [9.17, 15) is 0 Å². The summed E-state index contributed by atoms with van der Waals surface area (Å²) in [6.07, 6.45) is 0. The van der Waals surface area contributed by atoms with Crippen LogP contribution < -0.4 is 4.40 Å². The van der Waals surface area contributed by atoms with Crippen LogP contribution in [0.15, 0.2) is 12.1 Å². The fraction of sp³-hybridized carbons (Fsp3) is 0.800. The second kappa shape index (κ2) is 12.3. The molecule has 232 valence electrons. The van der Waals surface area contributed by atoms with Gasteiger partial charge in [0.15, 0.2) is 0 Å².